The number of carbonyl (C=O) groups is 2. The fraction of sp³-hybridized carbons (Fsp3) is 0.364. The van der Waals surface area contributed by atoms with Gasteiger partial charge in [-0.15, -0.1) is 0 Å². The van der Waals surface area contributed by atoms with Gasteiger partial charge in [0.05, 0.1) is 28.2 Å². The monoisotopic (exact) mass is 479 g/mol. The molecule has 0 aliphatic carbocycles. The van der Waals surface area contributed by atoms with E-state index in [1.54, 1.807) is 17.2 Å². The number of anilines is 2. The number of amides is 3. The molecule has 2 aromatic heterocycles. The van der Waals surface area contributed by atoms with Gasteiger partial charge in [0.1, 0.15) is 5.82 Å². The summed E-state index contributed by atoms with van der Waals surface area (Å²) in [6, 6.07) is 3.25. The predicted octanol–water partition coefficient (Wildman–Crippen LogP) is 4.84. The molecule has 0 radical (unpaired) electrons. The van der Waals surface area contributed by atoms with Gasteiger partial charge in [0.2, 0.25) is 5.91 Å². The van der Waals surface area contributed by atoms with Crippen molar-refractivity contribution < 1.29 is 22.8 Å². The molecule has 0 unspecified atom stereocenters. The minimum absolute atomic E-state index is 0.0144. The highest BCUT2D eigenvalue weighted by atomic mass is 35.5. The predicted molar refractivity (Wildman–Crippen MR) is 118 cm³/mol. The van der Waals surface area contributed by atoms with E-state index in [1.165, 1.54) is 4.90 Å². The van der Waals surface area contributed by atoms with Crippen molar-refractivity contribution >= 4 is 40.6 Å². The number of hydrogen-bond donors (Lipinski definition) is 1. The normalized spacial score (nSPS) is 19.0. The average molecular weight is 480 g/mol. The number of nitrogens with one attached hydrogen (secondary N) is 1. The number of urea groups is 1. The first-order valence-electron chi connectivity index (χ1n) is 10.4. The molecule has 4 heterocycles. The molecule has 0 saturated carbocycles. The standard InChI is InChI=1S/C22H21ClF3N5O2/c1-13-4-9-31(20(13)32)16-10-17(23)19(28-12-16)14-5-7-30(8-6-14)21(33)29-18-3-2-15(11-27-18)22(24,25)26/h2-3,5,10-13H,4,6-9H2,1H3,(H,27,29,33)/t13-/m1/s1. The number of alkyl halides is 3. The summed E-state index contributed by atoms with van der Waals surface area (Å²) in [6.45, 7) is 3.19. The number of carbonyl (C=O) groups excluding carboxylic acids is 2. The second-order valence-corrected chi connectivity index (χ2v) is 8.40. The number of hydrogen-bond acceptors (Lipinski definition) is 4. The molecule has 2 aliphatic rings. The van der Waals surface area contributed by atoms with Crippen molar-refractivity contribution in [2.45, 2.75) is 25.9 Å². The Balaban J connectivity index is 1.39. The van der Waals surface area contributed by atoms with Crippen LogP contribution in [-0.4, -0.2) is 46.4 Å². The van der Waals surface area contributed by atoms with Crippen LogP contribution in [0.25, 0.3) is 5.57 Å². The van der Waals surface area contributed by atoms with Crippen LogP contribution in [0.4, 0.5) is 29.5 Å². The van der Waals surface area contributed by atoms with Crippen molar-refractivity contribution in [1.29, 1.82) is 0 Å². The van der Waals surface area contributed by atoms with Crippen molar-refractivity contribution in [2.24, 2.45) is 5.92 Å². The van der Waals surface area contributed by atoms with Gasteiger partial charge in [-0.3, -0.25) is 15.1 Å². The first kappa shape index (κ1) is 23.0. The Morgan fingerprint density at radius 1 is 1.21 bits per heavy atom. The van der Waals surface area contributed by atoms with E-state index >= 15 is 0 Å². The first-order valence-corrected chi connectivity index (χ1v) is 10.8. The number of pyridine rings is 2. The molecule has 3 amide bonds. The van der Waals surface area contributed by atoms with Gasteiger partial charge in [0.15, 0.2) is 0 Å². The van der Waals surface area contributed by atoms with Gasteiger partial charge >= 0.3 is 12.2 Å². The van der Waals surface area contributed by atoms with Crippen molar-refractivity contribution in [2.75, 3.05) is 29.9 Å². The van der Waals surface area contributed by atoms with E-state index in [4.69, 9.17) is 11.6 Å². The number of nitrogens with zero attached hydrogens (tertiary/aromatic N) is 4. The van der Waals surface area contributed by atoms with E-state index in [0.717, 1.165) is 24.1 Å². The van der Waals surface area contributed by atoms with E-state index < -0.39 is 17.8 Å². The smallest absolute Gasteiger partial charge is 0.320 e. The van der Waals surface area contributed by atoms with E-state index in [1.807, 2.05) is 13.0 Å². The lowest BCUT2D eigenvalue weighted by Crippen LogP contribution is -2.38. The Morgan fingerprint density at radius 2 is 2.00 bits per heavy atom. The summed E-state index contributed by atoms with van der Waals surface area (Å²) in [4.78, 5) is 36.0. The second-order valence-electron chi connectivity index (χ2n) is 7.99. The molecule has 2 aliphatic heterocycles. The number of aromatic nitrogens is 2. The van der Waals surface area contributed by atoms with E-state index in [2.05, 4.69) is 15.3 Å². The van der Waals surface area contributed by atoms with Gasteiger partial charge in [0, 0.05) is 31.7 Å². The molecule has 33 heavy (non-hydrogen) atoms. The molecule has 1 N–H and O–H groups in total. The first-order chi connectivity index (χ1) is 15.6. The van der Waals surface area contributed by atoms with Crippen molar-refractivity contribution in [3.63, 3.8) is 0 Å². The SMILES string of the molecule is C[C@@H]1CCN(c2cnc(C3=CCN(C(=O)Nc4ccc(C(F)(F)F)cn4)CC3)c(Cl)c2)C1=O. The Bertz CT molecular complexity index is 1100. The lowest BCUT2D eigenvalue weighted by Gasteiger charge is -2.27. The van der Waals surface area contributed by atoms with Crippen LogP contribution in [0.1, 0.15) is 31.0 Å². The lowest BCUT2D eigenvalue weighted by molar-refractivity contribution is -0.137. The van der Waals surface area contributed by atoms with Crippen LogP contribution in [0.5, 0.6) is 0 Å². The molecule has 0 spiro atoms. The third-order valence-electron chi connectivity index (χ3n) is 5.74. The van der Waals surface area contributed by atoms with Gasteiger partial charge in [-0.25, -0.2) is 9.78 Å². The maximum Gasteiger partial charge on any atom is 0.417 e. The minimum atomic E-state index is -4.49. The molecule has 11 heteroatoms. The van der Waals surface area contributed by atoms with Crippen LogP contribution in [0, 0.1) is 5.92 Å². The molecule has 0 aromatic carbocycles. The van der Waals surface area contributed by atoms with E-state index in [-0.39, 0.29) is 24.2 Å². The highest BCUT2D eigenvalue weighted by Gasteiger charge is 2.31. The molecule has 174 valence electrons. The Morgan fingerprint density at radius 3 is 2.55 bits per heavy atom. The maximum atomic E-state index is 12.6. The third kappa shape index (κ3) is 4.95. The van der Waals surface area contributed by atoms with Crippen molar-refractivity contribution in [3.05, 3.63) is 52.9 Å². The summed E-state index contributed by atoms with van der Waals surface area (Å²) in [7, 11) is 0. The topological polar surface area (TPSA) is 78.4 Å². The van der Waals surface area contributed by atoms with Gasteiger partial charge in [0.25, 0.3) is 0 Å². The molecule has 4 rings (SSSR count). The van der Waals surface area contributed by atoms with E-state index in [9.17, 15) is 22.8 Å². The molecule has 1 saturated heterocycles. The quantitative estimate of drug-likeness (QED) is 0.683. The highest BCUT2D eigenvalue weighted by molar-refractivity contribution is 6.32. The largest absolute Gasteiger partial charge is 0.417 e. The zero-order valence-electron chi connectivity index (χ0n) is 17.7. The van der Waals surface area contributed by atoms with Crippen LogP contribution in [0.2, 0.25) is 5.02 Å². The molecular formula is C22H21ClF3N5O2. The van der Waals surface area contributed by atoms with Gasteiger partial charge in [-0.1, -0.05) is 24.6 Å². The second kappa shape index (κ2) is 9.01. The Hall–Kier alpha value is -3.14. The average Bonchev–Trinajstić information content (AvgIpc) is 3.12. The summed E-state index contributed by atoms with van der Waals surface area (Å²) in [5.41, 5.74) is 1.26. The molecule has 1 atom stereocenters. The van der Waals surface area contributed by atoms with Gasteiger partial charge < -0.3 is 9.80 Å². The van der Waals surface area contributed by atoms with Crippen LogP contribution in [-0.2, 0) is 11.0 Å². The molecule has 2 aromatic rings. The maximum absolute atomic E-state index is 12.6. The van der Waals surface area contributed by atoms with Crippen LogP contribution < -0.4 is 10.2 Å². The minimum Gasteiger partial charge on any atom is -0.320 e. The zero-order chi connectivity index (χ0) is 23.8. The fourth-order valence-corrected chi connectivity index (χ4v) is 4.07. The summed E-state index contributed by atoms with van der Waals surface area (Å²) < 4.78 is 37.9. The van der Waals surface area contributed by atoms with Crippen LogP contribution in [0.15, 0.2) is 36.7 Å². The Labute approximate surface area is 193 Å². The van der Waals surface area contributed by atoms with E-state index in [0.29, 0.717) is 42.1 Å². The zero-order valence-corrected chi connectivity index (χ0v) is 18.5. The van der Waals surface area contributed by atoms with Crippen molar-refractivity contribution in [3.8, 4) is 0 Å². The molecule has 7 nitrogen and oxygen atoms in total. The molecular weight excluding hydrogens is 459 g/mol. The summed E-state index contributed by atoms with van der Waals surface area (Å²) in [5, 5.41) is 2.93. The van der Waals surface area contributed by atoms with Gasteiger partial charge in [-0.2, -0.15) is 13.2 Å². The summed E-state index contributed by atoms with van der Waals surface area (Å²) >= 11 is 6.45. The van der Waals surface area contributed by atoms with Crippen LogP contribution in [0.3, 0.4) is 0 Å². The molecule has 0 bridgehead atoms. The fourth-order valence-electron chi connectivity index (χ4n) is 3.78. The summed E-state index contributed by atoms with van der Waals surface area (Å²) in [5.74, 6) is 0.0787. The summed E-state index contributed by atoms with van der Waals surface area (Å²) in [6.07, 6.45) is 0.952. The third-order valence-corrected chi connectivity index (χ3v) is 6.03. The molecule has 1 fully saturated rings. The number of halogens is 4. The lowest BCUT2D eigenvalue weighted by atomic mass is 10.0. The van der Waals surface area contributed by atoms with Gasteiger partial charge in [-0.05, 0) is 36.6 Å². The van der Waals surface area contributed by atoms with Crippen molar-refractivity contribution in [1.82, 2.24) is 14.9 Å². The number of rotatable bonds is 3. The Kier molecular flexibility index (Phi) is 6.29. The van der Waals surface area contributed by atoms with Crippen LogP contribution >= 0.6 is 11.6 Å². The highest BCUT2D eigenvalue weighted by Crippen LogP contribution is 2.32.